The summed E-state index contributed by atoms with van der Waals surface area (Å²) in [6.07, 6.45) is 0. The third-order valence-electron chi connectivity index (χ3n) is 2.96. The minimum Gasteiger partial charge on any atom is -0.366 e. The lowest BCUT2D eigenvalue weighted by molar-refractivity contribution is 0.100. The minimum atomic E-state index is -0.596. The average molecular weight is 313 g/mol. The summed E-state index contributed by atoms with van der Waals surface area (Å²) < 4.78 is 5.17. The summed E-state index contributed by atoms with van der Waals surface area (Å²) in [6.45, 7) is 0. The number of nitrogens with zero attached hydrogens (tertiary/aromatic N) is 1. The summed E-state index contributed by atoms with van der Waals surface area (Å²) in [6, 6.07) is 12.4. The highest BCUT2D eigenvalue weighted by Crippen LogP contribution is 2.24. The zero-order chi connectivity index (χ0) is 15.5. The third-order valence-corrected chi connectivity index (χ3v) is 3.79. The summed E-state index contributed by atoms with van der Waals surface area (Å²) in [5.41, 5.74) is 6.45. The van der Waals surface area contributed by atoms with Crippen LogP contribution < -0.4 is 11.1 Å². The molecule has 0 saturated heterocycles. The fourth-order valence-corrected chi connectivity index (χ4v) is 2.68. The summed E-state index contributed by atoms with van der Waals surface area (Å²) >= 11 is 1.21. The molecule has 0 bridgehead atoms. The van der Waals surface area contributed by atoms with Crippen LogP contribution in [0.2, 0.25) is 0 Å². The van der Waals surface area contributed by atoms with Crippen molar-refractivity contribution >= 4 is 28.2 Å². The molecule has 110 valence electrons. The van der Waals surface area contributed by atoms with Gasteiger partial charge < -0.3 is 15.6 Å². The number of benzene rings is 1. The number of carbonyl (C=O) groups is 2. The smallest absolute Gasteiger partial charge is 0.278 e. The van der Waals surface area contributed by atoms with Crippen LogP contribution in [0, 0.1) is 0 Å². The van der Waals surface area contributed by atoms with Crippen LogP contribution in [0.3, 0.4) is 0 Å². The Labute approximate surface area is 129 Å². The number of hydrogen-bond acceptors (Lipinski definition) is 5. The van der Waals surface area contributed by atoms with Gasteiger partial charge in [-0.2, -0.15) is 0 Å². The number of rotatable bonds is 4. The van der Waals surface area contributed by atoms with Crippen molar-refractivity contribution < 1.29 is 14.1 Å². The molecule has 2 aromatic heterocycles. The molecule has 0 fully saturated rings. The first-order chi connectivity index (χ1) is 10.6. The van der Waals surface area contributed by atoms with Gasteiger partial charge >= 0.3 is 0 Å². The van der Waals surface area contributed by atoms with Gasteiger partial charge in [-0.25, -0.2) is 0 Å². The lowest BCUT2D eigenvalue weighted by atomic mass is 10.1. The number of thiophene rings is 1. The highest BCUT2D eigenvalue weighted by Gasteiger charge is 2.17. The van der Waals surface area contributed by atoms with Crippen LogP contribution in [0.15, 0.2) is 52.4 Å². The topological polar surface area (TPSA) is 98.2 Å². The first-order valence-electron chi connectivity index (χ1n) is 6.36. The number of hydrogen-bond donors (Lipinski definition) is 2. The van der Waals surface area contributed by atoms with Crippen LogP contribution in [-0.2, 0) is 0 Å². The molecule has 7 heteroatoms. The standard InChI is InChI=1S/C15H11N3O3S/c16-13(19)10-6-7-22-15(10)17-14(20)11-8-12(21-18-11)9-4-2-1-3-5-9/h1-8H,(H2,16,19)(H,17,20). The van der Waals surface area contributed by atoms with Crippen molar-refractivity contribution in [1.29, 1.82) is 0 Å². The highest BCUT2D eigenvalue weighted by atomic mass is 32.1. The number of anilines is 1. The molecular formula is C15H11N3O3S. The molecule has 0 atom stereocenters. The van der Waals surface area contributed by atoms with Gasteiger partial charge in [0.1, 0.15) is 5.00 Å². The number of primary amides is 1. The molecule has 0 aliphatic rings. The van der Waals surface area contributed by atoms with Crippen LogP contribution in [0.25, 0.3) is 11.3 Å². The molecular weight excluding hydrogens is 302 g/mol. The van der Waals surface area contributed by atoms with Gasteiger partial charge in [-0.15, -0.1) is 11.3 Å². The Morgan fingerprint density at radius 2 is 1.95 bits per heavy atom. The fraction of sp³-hybridized carbons (Fsp3) is 0. The number of carbonyl (C=O) groups excluding carboxylic acids is 2. The van der Waals surface area contributed by atoms with Gasteiger partial charge in [0.2, 0.25) is 0 Å². The normalized spacial score (nSPS) is 10.4. The molecule has 3 N–H and O–H groups in total. The lowest BCUT2D eigenvalue weighted by Crippen LogP contribution is -2.16. The van der Waals surface area contributed by atoms with Crippen molar-refractivity contribution in [3.8, 4) is 11.3 Å². The maximum Gasteiger partial charge on any atom is 0.278 e. The minimum absolute atomic E-state index is 0.127. The van der Waals surface area contributed by atoms with Crippen molar-refractivity contribution in [3.63, 3.8) is 0 Å². The monoisotopic (exact) mass is 313 g/mol. The SMILES string of the molecule is NC(=O)c1ccsc1NC(=O)c1cc(-c2ccccc2)on1. The second kappa shape index (κ2) is 5.82. The van der Waals surface area contributed by atoms with Crippen LogP contribution in [-0.4, -0.2) is 17.0 Å². The van der Waals surface area contributed by atoms with Gasteiger partial charge in [0.05, 0.1) is 5.56 Å². The van der Waals surface area contributed by atoms with E-state index in [1.807, 2.05) is 30.3 Å². The molecule has 2 amide bonds. The number of amides is 2. The van der Waals surface area contributed by atoms with Crippen molar-refractivity contribution in [2.24, 2.45) is 5.73 Å². The van der Waals surface area contributed by atoms with E-state index in [4.69, 9.17) is 10.3 Å². The van der Waals surface area contributed by atoms with Crippen molar-refractivity contribution in [3.05, 3.63) is 59.1 Å². The van der Waals surface area contributed by atoms with Crippen LogP contribution in [0.1, 0.15) is 20.8 Å². The molecule has 0 aliphatic heterocycles. The van der Waals surface area contributed by atoms with Crippen LogP contribution in [0.5, 0.6) is 0 Å². The largest absolute Gasteiger partial charge is 0.366 e. The Hall–Kier alpha value is -2.93. The molecule has 1 aromatic carbocycles. The van der Waals surface area contributed by atoms with Gasteiger partial charge in [-0.1, -0.05) is 35.5 Å². The van der Waals surface area contributed by atoms with Gasteiger partial charge in [0.15, 0.2) is 11.5 Å². The molecule has 2 heterocycles. The first-order valence-corrected chi connectivity index (χ1v) is 7.24. The van der Waals surface area contributed by atoms with Gasteiger partial charge in [-0.3, -0.25) is 9.59 Å². The van der Waals surface area contributed by atoms with E-state index in [-0.39, 0.29) is 11.3 Å². The zero-order valence-corrected chi connectivity index (χ0v) is 12.1. The molecule has 0 saturated carbocycles. The van der Waals surface area contributed by atoms with Crippen molar-refractivity contribution in [2.75, 3.05) is 5.32 Å². The van der Waals surface area contributed by atoms with Crippen LogP contribution in [0.4, 0.5) is 5.00 Å². The molecule has 3 rings (SSSR count). The van der Waals surface area contributed by atoms with E-state index in [1.54, 1.807) is 17.5 Å². The van der Waals surface area contributed by atoms with E-state index < -0.39 is 11.8 Å². The lowest BCUT2D eigenvalue weighted by Gasteiger charge is -2.01. The molecule has 22 heavy (non-hydrogen) atoms. The predicted octanol–water partition coefficient (Wildman–Crippen LogP) is 2.75. The Kier molecular flexibility index (Phi) is 3.71. The molecule has 0 aliphatic carbocycles. The second-order valence-corrected chi connectivity index (χ2v) is 5.34. The van der Waals surface area contributed by atoms with Crippen LogP contribution >= 0.6 is 11.3 Å². The average Bonchev–Trinajstić information content (AvgIpc) is 3.17. The summed E-state index contributed by atoms with van der Waals surface area (Å²) in [5, 5.41) is 8.42. The molecule has 0 spiro atoms. The van der Waals surface area contributed by atoms with E-state index in [0.29, 0.717) is 10.8 Å². The molecule has 0 unspecified atom stereocenters. The summed E-state index contributed by atoms with van der Waals surface area (Å²) in [7, 11) is 0. The van der Waals surface area contributed by atoms with Gasteiger partial charge in [-0.05, 0) is 11.4 Å². The highest BCUT2D eigenvalue weighted by molar-refractivity contribution is 7.14. The number of nitrogens with one attached hydrogen (secondary N) is 1. The van der Waals surface area contributed by atoms with E-state index in [2.05, 4.69) is 10.5 Å². The third kappa shape index (κ3) is 2.75. The zero-order valence-electron chi connectivity index (χ0n) is 11.3. The summed E-state index contributed by atoms with van der Waals surface area (Å²) in [4.78, 5) is 23.4. The number of aromatic nitrogens is 1. The maximum absolute atomic E-state index is 12.2. The molecule has 6 nitrogen and oxygen atoms in total. The summed E-state index contributed by atoms with van der Waals surface area (Å²) in [5.74, 6) is -0.565. The van der Waals surface area contributed by atoms with Crippen molar-refractivity contribution in [1.82, 2.24) is 5.16 Å². The van der Waals surface area contributed by atoms with Gasteiger partial charge in [0, 0.05) is 11.6 Å². The Bertz CT molecular complexity index is 823. The molecule has 3 aromatic rings. The predicted molar refractivity (Wildman–Crippen MR) is 82.7 cm³/mol. The van der Waals surface area contributed by atoms with E-state index in [1.165, 1.54) is 11.3 Å². The quantitative estimate of drug-likeness (QED) is 0.773. The maximum atomic E-state index is 12.2. The first kappa shape index (κ1) is 14.0. The van der Waals surface area contributed by atoms with Gasteiger partial charge in [0.25, 0.3) is 11.8 Å². The second-order valence-electron chi connectivity index (χ2n) is 4.42. The van der Waals surface area contributed by atoms with E-state index in [0.717, 1.165) is 5.56 Å². The Morgan fingerprint density at radius 3 is 2.68 bits per heavy atom. The molecule has 0 radical (unpaired) electrons. The number of nitrogens with two attached hydrogens (primary N) is 1. The Morgan fingerprint density at radius 1 is 1.18 bits per heavy atom. The van der Waals surface area contributed by atoms with E-state index >= 15 is 0 Å². The van der Waals surface area contributed by atoms with E-state index in [9.17, 15) is 9.59 Å². The van der Waals surface area contributed by atoms with Crippen molar-refractivity contribution in [2.45, 2.75) is 0 Å². The Balaban J connectivity index is 1.80. The fourth-order valence-electron chi connectivity index (χ4n) is 1.89.